The number of aliphatic hydroxyl groups is 2. The van der Waals surface area contributed by atoms with Crippen LogP contribution in [0.1, 0.15) is 98.8 Å². The number of fused-ring (bicyclic) bond motifs is 1. The van der Waals surface area contributed by atoms with Gasteiger partial charge in [-0.2, -0.15) is 8.42 Å². The van der Waals surface area contributed by atoms with Crippen molar-refractivity contribution in [2.75, 3.05) is 5.75 Å². The number of aliphatic hydroxyl groups excluding tert-OH is 2. The molecule has 0 aromatic heterocycles. The van der Waals surface area contributed by atoms with E-state index in [1.165, 1.54) is 0 Å². The van der Waals surface area contributed by atoms with Crippen molar-refractivity contribution >= 4 is 10.1 Å². The van der Waals surface area contributed by atoms with E-state index in [0.29, 0.717) is 24.2 Å². The molecule has 8 atom stereocenters. The van der Waals surface area contributed by atoms with E-state index in [-0.39, 0.29) is 46.5 Å². The Morgan fingerprint density at radius 3 is 2.16 bits per heavy atom. The van der Waals surface area contributed by atoms with Crippen molar-refractivity contribution < 1.29 is 23.2 Å². The highest BCUT2D eigenvalue weighted by atomic mass is 32.2. The van der Waals surface area contributed by atoms with Gasteiger partial charge in [0.15, 0.2) is 0 Å². The van der Waals surface area contributed by atoms with E-state index < -0.39 is 10.1 Å². The summed E-state index contributed by atoms with van der Waals surface area (Å²) in [4.78, 5) is 0. The van der Waals surface area contributed by atoms with E-state index >= 15 is 0 Å². The fourth-order valence-electron chi connectivity index (χ4n) is 8.25. The van der Waals surface area contributed by atoms with Crippen LogP contribution < -0.4 is 0 Å². The summed E-state index contributed by atoms with van der Waals surface area (Å²) in [6, 6.07) is 0. The smallest absolute Gasteiger partial charge is 0.264 e. The second kappa shape index (κ2) is 9.83. The summed E-state index contributed by atoms with van der Waals surface area (Å²) in [7, 11) is -3.93. The molecule has 0 saturated heterocycles. The van der Waals surface area contributed by atoms with Crippen molar-refractivity contribution in [1.29, 1.82) is 0 Å². The molecule has 0 spiro atoms. The fraction of sp³-hybridized carbons (Fsp3) is 1.00. The van der Waals surface area contributed by atoms with Gasteiger partial charge in [-0.3, -0.25) is 4.55 Å². The highest BCUT2D eigenvalue weighted by Crippen LogP contribution is 2.65. The topological polar surface area (TPSA) is 94.8 Å². The van der Waals surface area contributed by atoms with E-state index in [2.05, 4.69) is 34.6 Å². The van der Waals surface area contributed by atoms with E-state index in [4.69, 9.17) is 0 Å². The molecule has 0 aromatic rings. The molecule has 6 heteroatoms. The largest absolute Gasteiger partial charge is 0.393 e. The molecule has 3 fully saturated rings. The van der Waals surface area contributed by atoms with Crippen molar-refractivity contribution in [1.82, 2.24) is 0 Å². The van der Waals surface area contributed by atoms with Crippen LogP contribution in [0.5, 0.6) is 0 Å². The van der Waals surface area contributed by atoms with Gasteiger partial charge in [0, 0.05) is 0 Å². The predicted octanol–water partition coefficient (Wildman–Crippen LogP) is 5.31. The third-order valence-electron chi connectivity index (χ3n) is 10.5. The first kappa shape index (κ1) is 26.4. The summed E-state index contributed by atoms with van der Waals surface area (Å²) in [5, 5.41) is 21.8. The van der Waals surface area contributed by atoms with E-state index in [9.17, 15) is 23.2 Å². The molecule has 0 aromatic carbocycles. The Balaban J connectivity index is 1.87. The monoisotopic (exact) mass is 472 g/mol. The van der Waals surface area contributed by atoms with Gasteiger partial charge in [-0.25, -0.2) is 0 Å². The average Bonchev–Trinajstić information content (AvgIpc) is 3.09. The summed E-state index contributed by atoms with van der Waals surface area (Å²) < 4.78 is 31.9. The van der Waals surface area contributed by atoms with Crippen LogP contribution >= 0.6 is 0 Å². The molecule has 5 unspecified atom stereocenters. The van der Waals surface area contributed by atoms with Gasteiger partial charge in [0.25, 0.3) is 10.1 Å². The maximum atomic E-state index is 11.6. The summed E-state index contributed by atoms with van der Waals surface area (Å²) in [6.45, 7) is 11.3. The van der Waals surface area contributed by atoms with Gasteiger partial charge in [0.1, 0.15) is 0 Å². The van der Waals surface area contributed by atoms with Gasteiger partial charge in [0.05, 0.1) is 18.0 Å². The standard InChI is InChI=1S/C26H48O5S/c1-6-17(2)24(28)23-21(25(4)13-9-19(27)10-14-25)11-15-26(5)20(7-8-22(23)26)18(3)12-16-32(29,30)31/h17-24,27-28H,6-16H2,1-5H3,(H,29,30,31)/t17-,18+,19?,20?,21?,22?,23?,24+,25?,26?/m0/s1. The van der Waals surface area contributed by atoms with Crippen molar-refractivity contribution in [2.45, 2.75) is 111 Å². The van der Waals surface area contributed by atoms with Crippen LogP contribution in [-0.4, -0.2) is 41.1 Å². The normalized spacial score (nSPS) is 43.4. The molecule has 0 amide bonds. The van der Waals surface area contributed by atoms with Gasteiger partial charge in [0.2, 0.25) is 0 Å². The molecule has 3 aliphatic carbocycles. The molecule has 0 heterocycles. The number of rotatable bonds is 8. The van der Waals surface area contributed by atoms with Crippen molar-refractivity contribution in [2.24, 2.45) is 46.3 Å². The maximum Gasteiger partial charge on any atom is 0.264 e. The molecule has 3 saturated carbocycles. The van der Waals surface area contributed by atoms with Gasteiger partial charge >= 0.3 is 0 Å². The van der Waals surface area contributed by atoms with E-state index in [1.807, 2.05) is 0 Å². The fourth-order valence-corrected chi connectivity index (χ4v) is 8.92. The summed E-state index contributed by atoms with van der Waals surface area (Å²) >= 11 is 0. The first-order chi connectivity index (χ1) is 14.8. The Bertz CT molecular complexity index is 728. The Kier molecular flexibility index (Phi) is 8.12. The lowest BCUT2D eigenvalue weighted by Gasteiger charge is -2.57. The highest BCUT2D eigenvalue weighted by Gasteiger charge is 2.59. The zero-order chi connectivity index (χ0) is 23.9. The predicted molar refractivity (Wildman–Crippen MR) is 129 cm³/mol. The van der Waals surface area contributed by atoms with Crippen LogP contribution in [0.15, 0.2) is 0 Å². The molecule has 3 N–H and O–H groups in total. The van der Waals surface area contributed by atoms with Crippen molar-refractivity contribution in [3.8, 4) is 0 Å². The molecular formula is C26H48O5S. The minimum absolute atomic E-state index is 0.110. The van der Waals surface area contributed by atoms with Crippen molar-refractivity contribution in [3.05, 3.63) is 0 Å². The lowest BCUT2D eigenvalue weighted by atomic mass is 9.48. The van der Waals surface area contributed by atoms with Gasteiger partial charge in [-0.1, -0.05) is 41.0 Å². The van der Waals surface area contributed by atoms with Crippen LogP contribution in [0.3, 0.4) is 0 Å². The quantitative estimate of drug-likeness (QED) is 0.416. The molecule has 3 rings (SSSR count). The van der Waals surface area contributed by atoms with Gasteiger partial charge in [-0.15, -0.1) is 0 Å². The first-order valence-electron chi connectivity index (χ1n) is 13.1. The van der Waals surface area contributed by atoms with Gasteiger partial charge < -0.3 is 10.2 Å². The molecule has 188 valence electrons. The molecule has 32 heavy (non-hydrogen) atoms. The maximum absolute atomic E-state index is 11.6. The number of hydrogen-bond acceptors (Lipinski definition) is 4. The summed E-state index contributed by atoms with van der Waals surface area (Å²) in [5.41, 5.74) is 0.285. The van der Waals surface area contributed by atoms with Crippen LogP contribution in [0.25, 0.3) is 0 Å². The Labute approximate surface area is 196 Å². The SMILES string of the molecule is CC[C@H](C)[C@@H](O)C1C(C2(C)CCC(O)CC2)CCC2(C)C1CCC2[C@H](C)CCS(=O)(=O)O. The Hall–Kier alpha value is -0.170. The van der Waals surface area contributed by atoms with Crippen LogP contribution in [0, 0.1) is 46.3 Å². The van der Waals surface area contributed by atoms with Crippen LogP contribution in [-0.2, 0) is 10.1 Å². The minimum atomic E-state index is -3.93. The third kappa shape index (κ3) is 5.23. The first-order valence-corrected chi connectivity index (χ1v) is 14.7. The molecule has 0 aliphatic heterocycles. The Morgan fingerprint density at radius 1 is 0.969 bits per heavy atom. The molecule has 3 aliphatic rings. The second-order valence-corrected chi connectivity index (χ2v) is 13.9. The minimum Gasteiger partial charge on any atom is -0.393 e. The summed E-state index contributed by atoms with van der Waals surface area (Å²) in [5.74, 6) is 1.97. The molecule has 0 bridgehead atoms. The van der Waals surface area contributed by atoms with Crippen LogP contribution in [0.4, 0.5) is 0 Å². The van der Waals surface area contributed by atoms with Crippen molar-refractivity contribution in [3.63, 3.8) is 0 Å². The van der Waals surface area contributed by atoms with Crippen LogP contribution in [0.2, 0.25) is 0 Å². The lowest BCUT2D eigenvalue weighted by Crippen LogP contribution is -2.53. The average molecular weight is 473 g/mol. The zero-order valence-electron chi connectivity index (χ0n) is 21.0. The molecule has 5 nitrogen and oxygen atoms in total. The highest BCUT2D eigenvalue weighted by molar-refractivity contribution is 7.85. The molecular weight excluding hydrogens is 424 g/mol. The third-order valence-corrected chi connectivity index (χ3v) is 11.3. The molecule has 0 radical (unpaired) electrons. The lowest BCUT2D eigenvalue weighted by molar-refractivity contribution is -0.123. The summed E-state index contributed by atoms with van der Waals surface area (Å²) in [6.07, 6.45) is 9.24. The van der Waals surface area contributed by atoms with E-state index in [1.54, 1.807) is 0 Å². The number of hydrogen-bond donors (Lipinski definition) is 3. The Morgan fingerprint density at radius 2 is 1.59 bits per heavy atom. The van der Waals surface area contributed by atoms with E-state index in [0.717, 1.165) is 57.8 Å². The zero-order valence-corrected chi connectivity index (χ0v) is 21.8. The van der Waals surface area contributed by atoms with Gasteiger partial charge in [-0.05, 0) is 104 Å². The second-order valence-electron chi connectivity index (χ2n) is 12.3.